The SMILES string of the molecule is CC(C)c1oncc1C(=O)NC(C(=O)c1ccc(Cl)cc1)C(C)(C)C. The van der Waals surface area contributed by atoms with Gasteiger partial charge in [0.25, 0.3) is 5.91 Å². The van der Waals surface area contributed by atoms with E-state index >= 15 is 0 Å². The highest BCUT2D eigenvalue weighted by atomic mass is 35.5. The van der Waals surface area contributed by atoms with Crippen molar-refractivity contribution in [3.8, 4) is 0 Å². The average Bonchev–Trinajstić information content (AvgIpc) is 3.01. The van der Waals surface area contributed by atoms with E-state index in [-0.39, 0.29) is 17.6 Å². The fraction of sp³-hybridized carbons (Fsp3) is 0.421. The molecule has 0 saturated heterocycles. The molecule has 0 saturated carbocycles. The summed E-state index contributed by atoms with van der Waals surface area (Å²) in [4.78, 5) is 25.6. The van der Waals surface area contributed by atoms with Crippen LogP contribution in [0.15, 0.2) is 35.0 Å². The topological polar surface area (TPSA) is 72.2 Å². The number of nitrogens with one attached hydrogen (secondary N) is 1. The number of hydrogen-bond donors (Lipinski definition) is 1. The summed E-state index contributed by atoms with van der Waals surface area (Å²) in [7, 11) is 0. The molecule has 0 radical (unpaired) electrons. The number of ketones is 1. The summed E-state index contributed by atoms with van der Waals surface area (Å²) >= 11 is 5.89. The van der Waals surface area contributed by atoms with Gasteiger partial charge >= 0.3 is 0 Å². The first-order valence-corrected chi connectivity index (χ1v) is 8.54. The molecule has 0 fully saturated rings. The maximum atomic E-state index is 12.9. The van der Waals surface area contributed by atoms with Gasteiger partial charge in [0.15, 0.2) is 11.5 Å². The van der Waals surface area contributed by atoms with E-state index in [2.05, 4.69) is 10.5 Å². The summed E-state index contributed by atoms with van der Waals surface area (Å²) in [5, 5.41) is 7.11. The maximum absolute atomic E-state index is 12.9. The molecule has 1 amide bonds. The molecule has 0 bridgehead atoms. The first kappa shape index (κ1) is 19.2. The van der Waals surface area contributed by atoms with Crippen molar-refractivity contribution in [3.63, 3.8) is 0 Å². The van der Waals surface area contributed by atoms with Crippen molar-refractivity contribution in [1.29, 1.82) is 0 Å². The molecule has 0 spiro atoms. The molecule has 1 aromatic heterocycles. The average molecular weight is 363 g/mol. The van der Waals surface area contributed by atoms with Crippen LogP contribution in [0, 0.1) is 5.41 Å². The van der Waals surface area contributed by atoms with E-state index in [4.69, 9.17) is 16.1 Å². The van der Waals surface area contributed by atoms with Gasteiger partial charge in [0.05, 0.1) is 12.2 Å². The number of nitrogens with zero attached hydrogens (tertiary/aromatic N) is 1. The molecule has 2 aromatic rings. The van der Waals surface area contributed by atoms with Crippen LogP contribution in [-0.2, 0) is 0 Å². The third-order valence-electron chi connectivity index (χ3n) is 3.90. The van der Waals surface area contributed by atoms with E-state index in [1.807, 2.05) is 34.6 Å². The molecule has 2 rings (SSSR count). The Hall–Kier alpha value is -2.14. The zero-order chi connectivity index (χ0) is 18.8. The zero-order valence-electron chi connectivity index (χ0n) is 15.1. The number of Topliss-reactive ketones (excluding diaryl/α,β-unsaturated/α-hetero) is 1. The third-order valence-corrected chi connectivity index (χ3v) is 4.15. The predicted octanol–water partition coefficient (Wildman–Crippen LogP) is 4.48. The van der Waals surface area contributed by atoms with Gasteiger partial charge in [0.1, 0.15) is 5.56 Å². The van der Waals surface area contributed by atoms with Crippen molar-refractivity contribution < 1.29 is 14.1 Å². The summed E-state index contributed by atoms with van der Waals surface area (Å²) in [5.74, 6) is -0.0142. The highest BCUT2D eigenvalue weighted by Gasteiger charge is 2.34. The Bertz CT molecular complexity index is 758. The fourth-order valence-corrected chi connectivity index (χ4v) is 2.63. The maximum Gasteiger partial charge on any atom is 0.257 e. The monoisotopic (exact) mass is 362 g/mol. The van der Waals surface area contributed by atoms with E-state index in [1.165, 1.54) is 6.20 Å². The van der Waals surface area contributed by atoms with Gasteiger partial charge in [-0.05, 0) is 29.7 Å². The lowest BCUT2D eigenvalue weighted by Crippen LogP contribution is -2.49. The van der Waals surface area contributed by atoms with Crippen LogP contribution < -0.4 is 5.32 Å². The summed E-state index contributed by atoms with van der Waals surface area (Å²) in [6.07, 6.45) is 1.39. The van der Waals surface area contributed by atoms with Crippen molar-refractivity contribution in [2.24, 2.45) is 5.41 Å². The molecule has 6 heteroatoms. The van der Waals surface area contributed by atoms with Crippen LogP contribution in [0.1, 0.15) is 67.0 Å². The molecule has 1 unspecified atom stereocenters. The second-order valence-corrected chi connectivity index (χ2v) is 7.84. The van der Waals surface area contributed by atoms with Gasteiger partial charge < -0.3 is 9.84 Å². The number of carbonyl (C=O) groups excluding carboxylic acids is 2. The summed E-state index contributed by atoms with van der Waals surface area (Å²) in [5.41, 5.74) is 0.383. The van der Waals surface area contributed by atoms with Crippen LogP contribution in [0.2, 0.25) is 5.02 Å². The Morgan fingerprint density at radius 3 is 2.28 bits per heavy atom. The molecule has 1 heterocycles. The molecule has 5 nitrogen and oxygen atoms in total. The third kappa shape index (κ3) is 4.48. The number of amides is 1. The van der Waals surface area contributed by atoms with E-state index in [1.54, 1.807) is 24.3 Å². The minimum Gasteiger partial charge on any atom is -0.360 e. The number of benzene rings is 1. The number of halogens is 1. The molecule has 0 aliphatic heterocycles. The predicted molar refractivity (Wildman–Crippen MR) is 97.1 cm³/mol. The van der Waals surface area contributed by atoms with Gasteiger partial charge in [-0.25, -0.2) is 0 Å². The van der Waals surface area contributed by atoms with Crippen LogP contribution in [0.5, 0.6) is 0 Å². The Morgan fingerprint density at radius 2 is 1.76 bits per heavy atom. The Kier molecular flexibility index (Phi) is 5.68. The molecule has 134 valence electrons. The fourth-order valence-electron chi connectivity index (χ4n) is 2.50. The van der Waals surface area contributed by atoms with Crippen molar-refractivity contribution >= 4 is 23.3 Å². The molecule has 1 atom stereocenters. The van der Waals surface area contributed by atoms with Gasteiger partial charge in [-0.15, -0.1) is 0 Å². The number of rotatable bonds is 5. The molecule has 1 N–H and O–H groups in total. The van der Waals surface area contributed by atoms with Crippen LogP contribution in [0.25, 0.3) is 0 Å². The van der Waals surface area contributed by atoms with Gasteiger partial charge in [0, 0.05) is 16.5 Å². The van der Waals surface area contributed by atoms with Gasteiger partial charge in [-0.2, -0.15) is 0 Å². The lowest BCUT2D eigenvalue weighted by molar-refractivity contribution is 0.0780. The smallest absolute Gasteiger partial charge is 0.257 e. The van der Waals surface area contributed by atoms with Crippen LogP contribution >= 0.6 is 11.6 Å². The first-order chi connectivity index (χ1) is 11.6. The first-order valence-electron chi connectivity index (χ1n) is 8.16. The summed E-state index contributed by atoms with van der Waals surface area (Å²) in [6, 6.07) is 5.94. The normalized spacial score (nSPS) is 12.9. The van der Waals surface area contributed by atoms with Crippen molar-refractivity contribution in [2.75, 3.05) is 0 Å². The second kappa shape index (κ2) is 7.40. The highest BCUT2D eigenvalue weighted by Crippen LogP contribution is 2.25. The molecular formula is C19H23ClN2O3. The van der Waals surface area contributed by atoms with Crippen molar-refractivity contribution in [2.45, 2.75) is 46.6 Å². The highest BCUT2D eigenvalue weighted by molar-refractivity contribution is 6.30. The van der Waals surface area contributed by atoms with E-state index in [9.17, 15) is 9.59 Å². The number of aromatic nitrogens is 1. The summed E-state index contributed by atoms with van der Waals surface area (Å²) in [6.45, 7) is 9.54. The van der Waals surface area contributed by atoms with Crippen molar-refractivity contribution in [1.82, 2.24) is 10.5 Å². The van der Waals surface area contributed by atoms with E-state index in [0.717, 1.165) is 0 Å². The largest absolute Gasteiger partial charge is 0.360 e. The van der Waals surface area contributed by atoms with Gasteiger partial charge in [-0.1, -0.05) is 51.4 Å². The van der Waals surface area contributed by atoms with E-state index in [0.29, 0.717) is 21.9 Å². The van der Waals surface area contributed by atoms with Crippen LogP contribution in [0.3, 0.4) is 0 Å². The number of hydrogen-bond acceptors (Lipinski definition) is 4. The van der Waals surface area contributed by atoms with E-state index < -0.39 is 11.5 Å². The Morgan fingerprint density at radius 1 is 1.16 bits per heavy atom. The zero-order valence-corrected chi connectivity index (χ0v) is 15.8. The summed E-state index contributed by atoms with van der Waals surface area (Å²) < 4.78 is 5.16. The van der Waals surface area contributed by atoms with Gasteiger partial charge in [-0.3, -0.25) is 9.59 Å². The Balaban J connectivity index is 2.29. The lowest BCUT2D eigenvalue weighted by Gasteiger charge is -2.30. The standard InChI is InChI=1S/C19H23ClN2O3/c1-11(2)16-14(10-21-25-16)18(24)22-17(19(3,4)5)15(23)12-6-8-13(20)9-7-12/h6-11,17H,1-5H3,(H,22,24). The van der Waals surface area contributed by atoms with Gasteiger partial charge in [0.2, 0.25) is 0 Å². The van der Waals surface area contributed by atoms with Crippen LogP contribution in [0.4, 0.5) is 0 Å². The van der Waals surface area contributed by atoms with Crippen molar-refractivity contribution in [3.05, 3.63) is 52.4 Å². The molecular weight excluding hydrogens is 340 g/mol. The minimum absolute atomic E-state index is 0.0169. The molecule has 0 aliphatic carbocycles. The van der Waals surface area contributed by atoms with Crippen LogP contribution in [-0.4, -0.2) is 22.9 Å². The Labute approximate surface area is 152 Å². The number of carbonyl (C=O) groups is 2. The second-order valence-electron chi connectivity index (χ2n) is 7.40. The minimum atomic E-state index is -0.698. The lowest BCUT2D eigenvalue weighted by atomic mass is 9.82. The quantitative estimate of drug-likeness (QED) is 0.796. The molecule has 1 aromatic carbocycles. The molecule has 25 heavy (non-hydrogen) atoms. The molecule has 0 aliphatic rings.